The number of fused-ring (bicyclic) bond motifs is 1. The predicted molar refractivity (Wildman–Crippen MR) is 64.4 cm³/mol. The normalized spacial score (nSPS) is 20.5. The summed E-state index contributed by atoms with van der Waals surface area (Å²) in [4.78, 5) is 2.29. The van der Waals surface area contributed by atoms with Crippen molar-refractivity contribution in [1.29, 1.82) is 0 Å². The van der Waals surface area contributed by atoms with E-state index in [4.69, 9.17) is 4.74 Å². The van der Waals surface area contributed by atoms with E-state index in [2.05, 4.69) is 20.8 Å². The van der Waals surface area contributed by atoms with Crippen LogP contribution in [-0.2, 0) is 11.2 Å². The molecule has 0 saturated carbocycles. The van der Waals surface area contributed by atoms with Crippen molar-refractivity contribution in [2.24, 2.45) is 0 Å². The molecule has 2 aliphatic heterocycles. The second kappa shape index (κ2) is 4.00. The molecule has 0 bridgehead atoms. The Labute approximate surface area is 103 Å². The summed E-state index contributed by atoms with van der Waals surface area (Å²) in [5.74, 6) is -0.169. The van der Waals surface area contributed by atoms with Crippen LogP contribution in [0.1, 0.15) is 12.0 Å². The average Bonchev–Trinajstić information content (AvgIpc) is 2.16. The highest BCUT2D eigenvalue weighted by atomic mass is 79.9. The monoisotopic (exact) mass is 285 g/mol. The summed E-state index contributed by atoms with van der Waals surface area (Å²) in [6.45, 7) is 2.55. The Morgan fingerprint density at radius 3 is 2.88 bits per heavy atom. The molecule has 2 heterocycles. The van der Waals surface area contributed by atoms with Gasteiger partial charge in [0.1, 0.15) is 5.82 Å². The van der Waals surface area contributed by atoms with E-state index in [1.807, 2.05) is 0 Å². The Bertz CT molecular complexity index is 420. The minimum atomic E-state index is -0.169. The van der Waals surface area contributed by atoms with Gasteiger partial charge in [-0.2, -0.15) is 0 Å². The third-order valence-corrected chi connectivity index (χ3v) is 4.04. The Morgan fingerprint density at radius 1 is 1.38 bits per heavy atom. The number of ether oxygens (including phenoxy) is 1. The Morgan fingerprint density at radius 2 is 2.19 bits per heavy atom. The summed E-state index contributed by atoms with van der Waals surface area (Å²) in [7, 11) is 0. The summed E-state index contributed by atoms with van der Waals surface area (Å²) >= 11 is 3.45. The molecule has 0 spiro atoms. The Kier molecular flexibility index (Phi) is 2.64. The molecule has 1 aromatic carbocycles. The second-order valence-corrected chi connectivity index (χ2v) is 5.23. The number of nitrogens with zero attached hydrogens (tertiary/aromatic N) is 1. The van der Waals surface area contributed by atoms with Crippen LogP contribution in [0.25, 0.3) is 0 Å². The van der Waals surface area contributed by atoms with E-state index in [0.717, 1.165) is 42.8 Å². The van der Waals surface area contributed by atoms with Crippen LogP contribution in [0, 0.1) is 5.82 Å². The van der Waals surface area contributed by atoms with Crippen molar-refractivity contribution in [3.05, 3.63) is 28.0 Å². The number of rotatable bonds is 1. The molecule has 2 aliphatic rings. The molecule has 2 nitrogen and oxygen atoms in total. The van der Waals surface area contributed by atoms with Gasteiger partial charge in [0.15, 0.2) is 0 Å². The van der Waals surface area contributed by atoms with Gasteiger partial charge < -0.3 is 9.64 Å². The van der Waals surface area contributed by atoms with Gasteiger partial charge in [-0.3, -0.25) is 0 Å². The summed E-state index contributed by atoms with van der Waals surface area (Å²) in [6, 6.07) is 3.64. The van der Waals surface area contributed by atoms with Crippen molar-refractivity contribution in [2.45, 2.75) is 18.9 Å². The van der Waals surface area contributed by atoms with Crippen molar-refractivity contribution in [3.63, 3.8) is 0 Å². The lowest BCUT2D eigenvalue weighted by Gasteiger charge is -2.42. The highest BCUT2D eigenvalue weighted by molar-refractivity contribution is 9.10. The molecule has 0 amide bonds. The van der Waals surface area contributed by atoms with Crippen LogP contribution in [0.15, 0.2) is 16.6 Å². The molecular weight excluding hydrogens is 273 g/mol. The summed E-state index contributed by atoms with van der Waals surface area (Å²) in [6.07, 6.45) is 2.16. The maximum atomic E-state index is 13.4. The molecule has 1 fully saturated rings. The van der Waals surface area contributed by atoms with Crippen molar-refractivity contribution >= 4 is 21.6 Å². The zero-order valence-corrected chi connectivity index (χ0v) is 10.5. The zero-order chi connectivity index (χ0) is 11.1. The van der Waals surface area contributed by atoms with Crippen LogP contribution in [-0.4, -0.2) is 25.8 Å². The molecule has 3 rings (SSSR count). The van der Waals surface area contributed by atoms with Crippen LogP contribution < -0.4 is 4.90 Å². The highest BCUT2D eigenvalue weighted by Gasteiger charge is 2.30. The van der Waals surface area contributed by atoms with Crippen LogP contribution in [0.5, 0.6) is 0 Å². The summed E-state index contributed by atoms with van der Waals surface area (Å²) in [5.41, 5.74) is 2.28. The largest absolute Gasteiger partial charge is 0.377 e. The molecular formula is C12H13BrFNO. The average molecular weight is 286 g/mol. The topological polar surface area (TPSA) is 12.5 Å². The third-order valence-electron chi connectivity index (χ3n) is 3.33. The van der Waals surface area contributed by atoms with E-state index in [0.29, 0.717) is 6.04 Å². The third kappa shape index (κ3) is 1.64. The van der Waals surface area contributed by atoms with Crippen LogP contribution >= 0.6 is 15.9 Å². The number of anilines is 1. The van der Waals surface area contributed by atoms with Gasteiger partial charge in [0.05, 0.1) is 19.3 Å². The summed E-state index contributed by atoms with van der Waals surface area (Å²) < 4.78 is 19.5. The van der Waals surface area contributed by atoms with Gasteiger partial charge in [0.2, 0.25) is 0 Å². The van der Waals surface area contributed by atoms with Crippen molar-refractivity contribution in [3.8, 4) is 0 Å². The standard InChI is InChI=1S/C12H13BrFNO/c13-11-4-8(14)5-12-10(11)2-1-3-15(12)9-6-16-7-9/h4-5,9H,1-3,6-7H2. The van der Waals surface area contributed by atoms with E-state index in [-0.39, 0.29) is 5.82 Å². The maximum Gasteiger partial charge on any atom is 0.126 e. The molecule has 1 aromatic rings. The second-order valence-electron chi connectivity index (χ2n) is 4.37. The molecule has 16 heavy (non-hydrogen) atoms. The molecule has 0 atom stereocenters. The molecule has 0 N–H and O–H groups in total. The summed E-state index contributed by atoms with van der Waals surface area (Å²) in [5, 5.41) is 0. The van der Waals surface area contributed by atoms with E-state index >= 15 is 0 Å². The first-order valence-corrected chi connectivity index (χ1v) is 6.37. The van der Waals surface area contributed by atoms with Gasteiger partial charge in [-0.05, 0) is 30.5 Å². The van der Waals surface area contributed by atoms with Crippen molar-refractivity contribution < 1.29 is 9.13 Å². The molecule has 4 heteroatoms. The fourth-order valence-corrected chi connectivity index (χ4v) is 3.04. The van der Waals surface area contributed by atoms with E-state index in [9.17, 15) is 4.39 Å². The molecule has 0 aromatic heterocycles. The van der Waals surface area contributed by atoms with Gasteiger partial charge in [-0.15, -0.1) is 0 Å². The highest BCUT2D eigenvalue weighted by Crippen LogP contribution is 2.35. The lowest BCUT2D eigenvalue weighted by molar-refractivity contribution is 0.00753. The number of hydrogen-bond acceptors (Lipinski definition) is 2. The van der Waals surface area contributed by atoms with Gasteiger partial charge in [0, 0.05) is 16.7 Å². The van der Waals surface area contributed by atoms with Crippen LogP contribution in [0.3, 0.4) is 0 Å². The first-order chi connectivity index (χ1) is 7.75. The SMILES string of the molecule is Fc1cc(Br)c2c(c1)N(C1COC1)CCC2. The van der Waals surface area contributed by atoms with Gasteiger partial charge in [-0.1, -0.05) is 15.9 Å². The number of hydrogen-bond donors (Lipinski definition) is 0. The molecule has 0 radical (unpaired) electrons. The van der Waals surface area contributed by atoms with Gasteiger partial charge >= 0.3 is 0 Å². The smallest absolute Gasteiger partial charge is 0.126 e. The van der Waals surface area contributed by atoms with E-state index < -0.39 is 0 Å². The lowest BCUT2D eigenvalue weighted by Crippen LogP contribution is -2.51. The first-order valence-electron chi connectivity index (χ1n) is 5.58. The van der Waals surface area contributed by atoms with Crippen molar-refractivity contribution in [2.75, 3.05) is 24.7 Å². The maximum absolute atomic E-state index is 13.4. The van der Waals surface area contributed by atoms with Crippen LogP contribution in [0.4, 0.5) is 10.1 Å². The van der Waals surface area contributed by atoms with Crippen molar-refractivity contribution in [1.82, 2.24) is 0 Å². The minimum Gasteiger partial charge on any atom is -0.377 e. The number of halogens is 2. The lowest BCUT2D eigenvalue weighted by atomic mass is 9.99. The Balaban J connectivity index is 2.02. The van der Waals surface area contributed by atoms with E-state index in [1.54, 1.807) is 12.1 Å². The number of benzene rings is 1. The Hall–Kier alpha value is -0.610. The first kappa shape index (κ1) is 10.5. The van der Waals surface area contributed by atoms with Crippen LogP contribution in [0.2, 0.25) is 0 Å². The minimum absolute atomic E-state index is 0.169. The fraction of sp³-hybridized carbons (Fsp3) is 0.500. The zero-order valence-electron chi connectivity index (χ0n) is 8.88. The predicted octanol–water partition coefficient (Wildman–Crippen LogP) is 2.74. The molecule has 0 unspecified atom stereocenters. The van der Waals surface area contributed by atoms with Gasteiger partial charge in [0.25, 0.3) is 0 Å². The van der Waals surface area contributed by atoms with Gasteiger partial charge in [-0.25, -0.2) is 4.39 Å². The molecule has 1 saturated heterocycles. The molecule has 0 aliphatic carbocycles. The quantitative estimate of drug-likeness (QED) is 0.787. The molecule has 86 valence electrons. The fourth-order valence-electron chi connectivity index (χ4n) is 2.42. The van der Waals surface area contributed by atoms with E-state index in [1.165, 1.54) is 5.56 Å².